The third kappa shape index (κ3) is 3.83. The van der Waals surface area contributed by atoms with Gasteiger partial charge in [-0.05, 0) is 37.3 Å². The lowest BCUT2D eigenvalue weighted by molar-refractivity contribution is 0.0706. The number of carbonyl (C=O) groups is 2. The highest BCUT2D eigenvalue weighted by atomic mass is 16.5. The maximum absolute atomic E-state index is 12.9. The van der Waals surface area contributed by atoms with Gasteiger partial charge in [0.15, 0.2) is 11.4 Å². The smallest absolute Gasteiger partial charge is 0.276 e. The largest absolute Gasteiger partial charge is 0.361 e. The summed E-state index contributed by atoms with van der Waals surface area (Å²) in [4.78, 5) is 29.3. The van der Waals surface area contributed by atoms with Gasteiger partial charge in [0, 0.05) is 25.7 Å². The van der Waals surface area contributed by atoms with E-state index in [1.165, 1.54) is 11.1 Å². The van der Waals surface area contributed by atoms with Crippen LogP contribution >= 0.6 is 0 Å². The Morgan fingerprint density at radius 1 is 1.13 bits per heavy atom. The van der Waals surface area contributed by atoms with Gasteiger partial charge >= 0.3 is 0 Å². The van der Waals surface area contributed by atoms with Crippen molar-refractivity contribution in [3.63, 3.8) is 0 Å². The summed E-state index contributed by atoms with van der Waals surface area (Å²) in [5.41, 5.74) is 3.13. The third-order valence-electron chi connectivity index (χ3n) is 6.06. The van der Waals surface area contributed by atoms with Gasteiger partial charge in [0.1, 0.15) is 5.76 Å². The predicted molar refractivity (Wildman–Crippen MR) is 110 cm³/mol. The van der Waals surface area contributed by atoms with Crippen molar-refractivity contribution in [2.75, 3.05) is 13.1 Å². The molecule has 0 spiro atoms. The molecule has 9 nitrogen and oxygen atoms in total. The summed E-state index contributed by atoms with van der Waals surface area (Å²) in [6.07, 6.45) is 4.32. The molecule has 0 unspecified atom stereocenters. The van der Waals surface area contributed by atoms with Crippen molar-refractivity contribution in [1.82, 2.24) is 30.0 Å². The molecular formula is C22H24N6O3. The van der Waals surface area contributed by atoms with Crippen LogP contribution in [0.25, 0.3) is 0 Å². The number of aromatic nitrogens is 4. The molecule has 0 N–H and O–H groups in total. The van der Waals surface area contributed by atoms with Crippen molar-refractivity contribution < 1.29 is 14.1 Å². The summed E-state index contributed by atoms with van der Waals surface area (Å²) < 4.78 is 6.70. The second kappa shape index (κ2) is 7.98. The highest BCUT2D eigenvalue weighted by Crippen LogP contribution is 2.22. The van der Waals surface area contributed by atoms with E-state index in [0.717, 1.165) is 19.3 Å². The standard InChI is InChI=1S/C22H24N6O3/c1-15-11-19(24-31-15)22(30)28-9-4-7-18(28)13-27-14-20(23-25-27)21(29)26-10-8-16-5-2-3-6-17(16)12-26/h2-3,5-6,11,14,18H,4,7-10,12-13H2,1H3/t18-/m0/s1. The van der Waals surface area contributed by atoms with E-state index >= 15 is 0 Å². The number of hydrogen-bond donors (Lipinski definition) is 0. The van der Waals surface area contributed by atoms with Crippen LogP contribution in [0.15, 0.2) is 41.1 Å². The molecule has 1 saturated heterocycles. The number of likely N-dealkylation sites (tertiary alicyclic amines) is 1. The Balaban J connectivity index is 1.25. The lowest BCUT2D eigenvalue weighted by Gasteiger charge is -2.28. The molecule has 31 heavy (non-hydrogen) atoms. The van der Waals surface area contributed by atoms with Crippen LogP contribution in [-0.2, 0) is 19.5 Å². The minimum atomic E-state index is -0.136. The molecule has 2 amide bonds. The Morgan fingerprint density at radius 3 is 2.77 bits per heavy atom. The maximum Gasteiger partial charge on any atom is 0.276 e. The molecule has 9 heteroatoms. The number of fused-ring (bicyclic) bond motifs is 1. The normalized spacial score (nSPS) is 18.3. The Morgan fingerprint density at radius 2 is 1.97 bits per heavy atom. The maximum atomic E-state index is 12.9. The zero-order valence-electron chi connectivity index (χ0n) is 17.4. The number of amides is 2. The van der Waals surface area contributed by atoms with Crippen molar-refractivity contribution in [3.05, 3.63) is 64.8 Å². The molecule has 2 aliphatic heterocycles. The van der Waals surface area contributed by atoms with Gasteiger partial charge in [-0.15, -0.1) is 5.10 Å². The van der Waals surface area contributed by atoms with E-state index in [0.29, 0.717) is 43.3 Å². The zero-order valence-corrected chi connectivity index (χ0v) is 17.4. The van der Waals surface area contributed by atoms with Gasteiger partial charge in [-0.25, -0.2) is 4.68 Å². The van der Waals surface area contributed by atoms with E-state index in [1.807, 2.05) is 21.9 Å². The van der Waals surface area contributed by atoms with Crippen LogP contribution in [-0.4, -0.2) is 60.9 Å². The van der Waals surface area contributed by atoms with Crippen LogP contribution in [0.1, 0.15) is 50.7 Å². The molecule has 0 bridgehead atoms. The molecule has 1 fully saturated rings. The fourth-order valence-corrected chi connectivity index (χ4v) is 4.44. The molecule has 0 radical (unpaired) electrons. The predicted octanol–water partition coefficient (Wildman–Crippen LogP) is 2.08. The summed E-state index contributed by atoms with van der Waals surface area (Å²) >= 11 is 0. The van der Waals surface area contributed by atoms with Crippen LogP contribution in [0.5, 0.6) is 0 Å². The number of carbonyl (C=O) groups excluding carboxylic acids is 2. The van der Waals surface area contributed by atoms with Crippen LogP contribution < -0.4 is 0 Å². The highest BCUT2D eigenvalue weighted by Gasteiger charge is 2.32. The molecule has 2 aliphatic rings. The molecule has 1 aromatic carbocycles. The molecule has 4 heterocycles. The number of hydrogen-bond acceptors (Lipinski definition) is 6. The Hall–Kier alpha value is -3.49. The Labute approximate surface area is 179 Å². The first-order valence-corrected chi connectivity index (χ1v) is 10.6. The first kappa shape index (κ1) is 19.5. The average Bonchev–Trinajstić information content (AvgIpc) is 3.54. The lowest BCUT2D eigenvalue weighted by atomic mass is 10.00. The van der Waals surface area contributed by atoms with Gasteiger partial charge in [-0.3, -0.25) is 9.59 Å². The van der Waals surface area contributed by atoms with Crippen molar-refractivity contribution in [1.29, 1.82) is 0 Å². The monoisotopic (exact) mass is 420 g/mol. The van der Waals surface area contributed by atoms with Crippen molar-refractivity contribution in [2.45, 2.75) is 45.3 Å². The zero-order chi connectivity index (χ0) is 21.4. The van der Waals surface area contributed by atoms with Crippen LogP contribution in [0.3, 0.4) is 0 Å². The molecule has 0 saturated carbocycles. The summed E-state index contributed by atoms with van der Waals surface area (Å²) in [5, 5.41) is 12.1. The molecule has 0 aliphatic carbocycles. The van der Waals surface area contributed by atoms with Gasteiger partial charge in [0.05, 0.1) is 18.8 Å². The first-order valence-electron chi connectivity index (χ1n) is 10.6. The Kier molecular flexibility index (Phi) is 5.01. The van der Waals surface area contributed by atoms with Crippen LogP contribution in [0, 0.1) is 6.92 Å². The molecule has 5 rings (SSSR count). The van der Waals surface area contributed by atoms with E-state index < -0.39 is 0 Å². The van der Waals surface area contributed by atoms with Gasteiger partial charge in [-0.1, -0.05) is 34.6 Å². The topological polar surface area (TPSA) is 97.4 Å². The van der Waals surface area contributed by atoms with E-state index in [1.54, 1.807) is 23.9 Å². The summed E-state index contributed by atoms with van der Waals surface area (Å²) in [6, 6.07) is 9.84. The number of nitrogens with zero attached hydrogens (tertiary/aromatic N) is 6. The summed E-state index contributed by atoms with van der Waals surface area (Å²) in [6.45, 7) is 4.18. The minimum Gasteiger partial charge on any atom is -0.361 e. The first-order chi connectivity index (χ1) is 15.1. The molecular weight excluding hydrogens is 396 g/mol. The average molecular weight is 420 g/mol. The van der Waals surface area contributed by atoms with E-state index in [2.05, 4.69) is 27.6 Å². The molecule has 2 aromatic heterocycles. The van der Waals surface area contributed by atoms with E-state index in [9.17, 15) is 9.59 Å². The van der Waals surface area contributed by atoms with E-state index in [4.69, 9.17) is 4.52 Å². The minimum absolute atomic E-state index is 0.0176. The quantitative estimate of drug-likeness (QED) is 0.641. The van der Waals surface area contributed by atoms with Crippen LogP contribution in [0.4, 0.5) is 0 Å². The molecule has 1 atom stereocenters. The van der Waals surface area contributed by atoms with Crippen molar-refractivity contribution in [2.24, 2.45) is 0 Å². The van der Waals surface area contributed by atoms with Gasteiger partial charge in [0.2, 0.25) is 0 Å². The van der Waals surface area contributed by atoms with Crippen molar-refractivity contribution >= 4 is 11.8 Å². The third-order valence-corrected chi connectivity index (χ3v) is 6.06. The number of rotatable bonds is 4. The highest BCUT2D eigenvalue weighted by molar-refractivity contribution is 5.93. The van der Waals surface area contributed by atoms with Gasteiger partial charge in [-0.2, -0.15) is 0 Å². The molecule has 3 aromatic rings. The van der Waals surface area contributed by atoms with Crippen molar-refractivity contribution in [3.8, 4) is 0 Å². The van der Waals surface area contributed by atoms with Gasteiger partial charge in [0.25, 0.3) is 11.8 Å². The summed E-state index contributed by atoms with van der Waals surface area (Å²) in [7, 11) is 0. The van der Waals surface area contributed by atoms with Crippen LogP contribution in [0.2, 0.25) is 0 Å². The second-order valence-electron chi connectivity index (χ2n) is 8.19. The lowest BCUT2D eigenvalue weighted by Crippen LogP contribution is -2.38. The second-order valence-corrected chi connectivity index (χ2v) is 8.19. The Bertz CT molecular complexity index is 1120. The molecule has 160 valence electrons. The summed E-state index contributed by atoms with van der Waals surface area (Å²) in [5.74, 6) is 0.361. The fourth-order valence-electron chi connectivity index (χ4n) is 4.44. The fraction of sp³-hybridized carbons (Fsp3) is 0.409. The number of benzene rings is 1. The van der Waals surface area contributed by atoms with E-state index in [-0.39, 0.29) is 17.9 Å². The SMILES string of the molecule is Cc1cc(C(=O)N2CCC[C@H]2Cn2cc(C(=O)N3CCc4ccccc4C3)nn2)no1. The van der Waals surface area contributed by atoms with Gasteiger partial charge < -0.3 is 14.3 Å². The number of aryl methyl sites for hydroxylation is 1.